The zero-order valence-electron chi connectivity index (χ0n) is 13.2. The molecule has 2 aromatic heterocycles. The zero-order valence-corrected chi connectivity index (χ0v) is 15.6. The van der Waals surface area contributed by atoms with Gasteiger partial charge in [0.2, 0.25) is 5.91 Å². The Morgan fingerprint density at radius 1 is 1.25 bits per heavy atom. The standard InChI is InChI=1S/C15H17N3O3S3/c1-10-16-17-15(23-10)22-9-12(19)13-3-2-11(24-13)8-14(20)18-4-6-21-7-5-18/h2-3H,4-9H2,1H3. The van der Waals surface area contributed by atoms with Gasteiger partial charge in [-0.3, -0.25) is 9.59 Å². The summed E-state index contributed by atoms with van der Waals surface area (Å²) >= 11 is 4.29. The number of thiophene rings is 1. The van der Waals surface area contributed by atoms with Crippen molar-refractivity contribution in [3.63, 3.8) is 0 Å². The number of nitrogens with zero attached hydrogens (tertiary/aromatic N) is 3. The van der Waals surface area contributed by atoms with Crippen LogP contribution in [0.4, 0.5) is 0 Å². The molecule has 0 aromatic carbocycles. The highest BCUT2D eigenvalue weighted by molar-refractivity contribution is 8.01. The lowest BCUT2D eigenvalue weighted by Crippen LogP contribution is -2.41. The first kappa shape index (κ1) is 17.5. The molecule has 0 aliphatic carbocycles. The second kappa shape index (κ2) is 8.19. The van der Waals surface area contributed by atoms with E-state index in [1.165, 1.54) is 34.4 Å². The van der Waals surface area contributed by atoms with Gasteiger partial charge in [0.1, 0.15) is 5.01 Å². The largest absolute Gasteiger partial charge is 0.378 e. The van der Waals surface area contributed by atoms with Crippen molar-refractivity contribution in [2.45, 2.75) is 17.7 Å². The van der Waals surface area contributed by atoms with Crippen molar-refractivity contribution >= 4 is 46.1 Å². The maximum absolute atomic E-state index is 12.3. The molecule has 0 radical (unpaired) electrons. The number of morpholine rings is 1. The Morgan fingerprint density at radius 3 is 2.75 bits per heavy atom. The Balaban J connectivity index is 1.52. The van der Waals surface area contributed by atoms with Crippen LogP contribution in [-0.2, 0) is 16.0 Å². The van der Waals surface area contributed by atoms with Crippen LogP contribution in [0.25, 0.3) is 0 Å². The van der Waals surface area contributed by atoms with Crippen molar-refractivity contribution < 1.29 is 14.3 Å². The summed E-state index contributed by atoms with van der Waals surface area (Å²) in [6.07, 6.45) is 0.348. The van der Waals surface area contributed by atoms with E-state index in [0.29, 0.717) is 43.4 Å². The molecule has 3 heterocycles. The molecule has 24 heavy (non-hydrogen) atoms. The van der Waals surface area contributed by atoms with Crippen LogP contribution in [0.15, 0.2) is 16.5 Å². The third kappa shape index (κ3) is 4.62. The number of ether oxygens (including phenoxy) is 1. The Hall–Kier alpha value is -1.29. The second-order valence-electron chi connectivity index (χ2n) is 5.23. The summed E-state index contributed by atoms with van der Waals surface area (Å²) in [5.41, 5.74) is 0. The highest BCUT2D eigenvalue weighted by Gasteiger charge is 2.19. The maximum Gasteiger partial charge on any atom is 0.227 e. The van der Waals surface area contributed by atoms with Gasteiger partial charge in [-0.2, -0.15) is 0 Å². The van der Waals surface area contributed by atoms with Gasteiger partial charge in [-0.15, -0.1) is 21.5 Å². The average molecular weight is 384 g/mol. The van der Waals surface area contributed by atoms with Gasteiger partial charge in [0.25, 0.3) is 0 Å². The third-order valence-electron chi connectivity index (χ3n) is 3.46. The van der Waals surface area contributed by atoms with E-state index in [1.54, 1.807) is 6.07 Å². The number of carbonyl (C=O) groups excluding carboxylic acids is 2. The van der Waals surface area contributed by atoms with Gasteiger partial charge in [-0.25, -0.2) is 0 Å². The predicted molar refractivity (Wildman–Crippen MR) is 95.1 cm³/mol. The molecule has 0 spiro atoms. The number of aryl methyl sites for hydroxylation is 1. The Kier molecular flexibility index (Phi) is 5.99. The molecule has 1 aliphatic heterocycles. The number of thioether (sulfide) groups is 1. The molecule has 1 aliphatic rings. The Bertz CT molecular complexity index is 722. The van der Waals surface area contributed by atoms with Gasteiger partial charge in [-0.1, -0.05) is 23.1 Å². The minimum Gasteiger partial charge on any atom is -0.378 e. The molecule has 128 valence electrons. The molecule has 9 heteroatoms. The summed E-state index contributed by atoms with van der Waals surface area (Å²) in [6, 6.07) is 3.68. The number of amides is 1. The third-order valence-corrected chi connectivity index (χ3v) is 6.56. The summed E-state index contributed by atoms with van der Waals surface area (Å²) in [7, 11) is 0. The molecular formula is C15H17N3O3S3. The fraction of sp³-hybridized carbons (Fsp3) is 0.467. The molecule has 0 atom stereocenters. The lowest BCUT2D eigenvalue weighted by Gasteiger charge is -2.26. The molecule has 0 unspecified atom stereocenters. The van der Waals surface area contributed by atoms with E-state index < -0.39 is 0 Å². The van der Waals surface area contributed by atoms with Gasteiger partial charge in [-0.05, 0) is 19.1 Å². The first-order chi connectivity index (χ1) is 11.6. The normalized spacial score (nSPS) is 14.8. The minimum atomic E-state index is 0.0583. The number of ketones is 1. The van der Waals surface area contributed by atoms with Crippen LogP contribution in [0.1, 0.15) is 19.6 Å². The molecule has 0 saturated carbocycles. The van der Waals surface area contributed by atoms with Gasteiger partial charge >= 0.3 is 0 Å². The Morgan fingerprint density at radius 2 is 2.04 bits per heavy atom. The van der Waals surface area contributed by atoms with Crippen LogP contribution in [0.5, 0.6) is 0 Å². The van der Waals surface area contributed by atoms with E-state index >= 15 is 0 Å². The average Bonchev–Trinajstić information content (AvgIpc) is 3.22. The summed E-state index contributed by atoms with van der Waals surface area (Å²) in [4.78, 5) is 27.9. The molecule has 3 rings (SSSR count). The molecule has 0 bridgehead atoms. The van der Waals surface area contributed by atoms with Crippen molar-refractivity contribution in [1.82, 2.24) is 15.1 Å². The van der Waals surface area contributed by atoms with Crippen LogP contribution < -0.4 is 0 Å². The number of hydrogen-bond acceptors (Lipinski definition) is 8. The fourth-order valence-electron chi connectivity index (χ4n) is 2.23. The molecule has 1 amide bonds. The van der Waals surface area contributed by atoms with Crippen molar-refractivity contribution in [2.24, 2.45) is 0 Å². The van der Waals surface area contributed by atoms with Gasteiger partial charge in [0.05, 0.1) is 30.3 Å². The summed E-state index contributed by atoms with van der Waals surface area (Å²) in [5.74, 6) is 0.493. The topological polar surface area (TPSA) is 72.4 Å². The van der Waals surface area contributed by atoms with Crippen LogP contribution in [-0.4, -0.2) is 58.8 Å². The first-order valence-electron chi connectivity index (χ1n) is 7.52. The van der Waals surface area contributed by atoms with E-state index in [0.717, 1.165) is 14.2 Å². The number of aromatic nitrogens is 2. The maximum atomic E-state index is 12.3. The van der Waals surface area contributed by atoms with Crippen molar-refractivity contribution in [2.75, 3.05) is 32.1 Å². The number of hydrogen-bond donors (Lipinski definition) is 0. The van der Waals surface area contributed by atoms with E-state index in [9.17, 15) is 9.59 Å². The number of rotatable bonds is 6. The van der Waals surface area contributed by atoms with Crippen molar-refractivity contribution in [3.05, 3.63) is 26.9 Å². The van der Waals surface area contributed by atoms with Gasteiger partial charge in [0, 0.05) is 18.0 Å². The van der Waals surface area contributed by atoms with Crippen molar-refractivity contribution in [3.8, 4) is 0 Å². The monoisotopic (exact) mass is 383 g/mol. The molecule has 1 fully saturated rings. The molecule has 0 N–H and O–H groups in total. The van der Waals surface area contributed by atoms with Crippen LogP contribution in [0.3, 0.4) is 0 Å². The van der Waals surface area contributed by atoms with Crippen LogP contribution >= 0.6 is 34.4 Å². The van der Waals surface area contributed by atoms with Gasteiger partial charge in [0.15, 0.2) is 10.1 Å². The SMILES string of the molecule is Cc1nnc(SCC(=O)c2ccc(CC(=O)N3CCOCC3)s2)s1. The van der Waals surface area contributed by atoms with E-state index in [2.05, 4.69) is 10.2 Å². The number of carbonyl (C=O) groups is 2. The lowest BCUT2D eigenvalue weighted by atomic mass is 10.3. The Labute approximate surface area is 152 Å². The lowest BCUT2D eigenvalue weighted by molar-refractivity contribution is -0.134. The summed E-state index contributed by atoms with van der Waals surface area (Å²) in [6.45, 7) is 4.38. The highest BCUT2D eigenvalue weighted by atomic mass is 32.2. The molecular weight excluding hydrogens is 366 g/mol. The highest BCUT2D eigenvalue weighted by Crippen LogP contribution is 2.25. The van der Waals surface area contributed by atoms with Crippen molar-refractivity contribution in [1.29, 1.82) is 0 Å². The second-order valence-corrected chi connectivity index (χ2v) is 8.81. The molecule has 6 nitrogen and oxygen atoms in total. The molecule has 2 aromatic rings. The zero-order chi connectivity index (χ0) is 16.9. The predicted octanol–water partition coefficient (Wildman–Crippen LogP) is 2.28. The first-order valence-corrected chi connectivity index (χ1v) is 10.1. The fourth-order valence-corrected chi connectivity index (χ4v) is 4.96. The minimum absolute atomic E-state index is 0.0583. The summed E-state index contributed by atoms with van der Waals surface area (Å²) < 4.78 is 6.06. The summed E-state index contributed by atoms with van der Waals surface area (Å²) in [5, 5.41) is 8.83. The quantitative estimate of drug-likeness (QED) is 0.563. The van der Waals surface area contributed by atoms with E-state index in [4.69, 9.17) is 4.74 Å². The van der Waals surface area contributed by atoms with Crippen LogP contribution in [0.2, 0.25) is 0 Å². The molecule has 1 saturated heterocycles. The van der Waals surface area contributed by atoms with Gasteiger partial charge < -0.3 is 9.64 Å². The van der Waals surface area contributed by atoms with Crippen LogP contribution in [0, 0.1) is 6.92 Å². The number of Topliss-reactive ketones (excluding diaryl/α,β-unsaturated/α-hetero) is 1. The smallest absolute Gasteiger partial charge is 0.227 e. The van der Waals surface area contributed by atoms with E-state index in [-0.39, 0.29) is 11.7 Å². The van der Waals surface area contributed by atoms with E-state index in [1.807, 2.05) is 17.9 Å².